The third-order valence-electron chi connectivity index (χ3n) is 5.90. The summed E-state index contributed by atoms with van der Waals surface area (Å²) in [4.78, 5) is 52.8. The number of carbonyl (C=O) groups is 4. The number of carbonyl (C=O) groups excluding carboxylic acids is 4. The third kappa shape index (κ3) is 5.12. The van der Waals surface area contributed by atoms with Crippen LogP contribution in [0.4, 0.5) is 0 Å². The van der Waals surface area contributed by atoms with Crippen molar-refractivity contribution in [2.24, 2.45) is 17.4 Å². The lowest BCUT2D eigenvalue weighted by molar-refractivity contribution is -0.148. The lowest BCUT2D eigenvalue weighted by Crippen LogP contribution is -2.56. The standard InChI is InChI=1S/C19H32N4O6/c1-10(24)12(17(21)27)9-15(26)13-5-3-7-22(13)18(28)14-6-4-8-23(14)19(29)16(20)11(2)25/h10-14,16,24-25H,3-9,20H2,1-2H3,(H2,21,27)/t10-,11-,12?,13?,14?,16?/m1/s1. The van der Waals surface area contributed by atoms with Crippen molar-refractivity contribution in [3.63, 3.8) is 0 Å². The number of aliphatic hydroxyl groups is 2. The molecule has 6 N–H and O–H groups in total. The summed E-state index contributed by atoms with van der Waals surface area (Å²) in [5, 5.41) is 19.3. The van der Waals surface area contributed by atoms with Crippen LogP contribution in [0.1, 0.15) is 46.0 Å². The van der Waals surface area contributed by atoms with E-state index in [-0.39, 0.29) is 18.1 Å². The first-order valence-electron chi connectivity index (χ1n) is 10.1. The molecular formula is C19H32N4O6. The van der Waals surface area contributed by atoms with Crippen molar-refractivity contribution in [3.05, 3.63) is 0 Å². The fourth-order valence-corrected chi connectivity index (χ4v) is 4.10. The van der Waals surface area contributed by atoms with Gasteiger partial charge in [0, 0.05) is 19.5 Å². The van der Waals surface area contributed by atoms with Gasteiger partial charge in [-0.2, -0.15) is 0 Å². The second-order valence-electron chi connectivity index (χ2n) is 8.07. The molecule has 0 aromatic rings. The Kier molecular flexibility index (Phi) is 7.73. The maximum Gasteiger partial charge on any atom is 0.245 e. The highest BCUT2D eigenvalue weighted by molar-refractivity contribution is 5.95. The summed E-state index contributed by atoms with van der Waals surface area (Å²) in [5.74, 6) is -2.90. The number of hydrogen-bond donors (Lipinski definition) is 4. The predicted molar refractivity (Wildman–Crippen MR) is 103 cm³/mol. The molecule has 0 radical (unpaired) electrons. The molecule has 0 aromatic carbocycles. The highest BCUT2D eigenvalue weighted by atomic mass is 16.3. The SMILES string of the molecule is C[C@@H](O)C(N)C(=O)N1CCCC1C(=O)N1CCCC1C(=O)CC(C(N)=O)[C@@H](C)O. The summed E-state index contributed by atoms with van der Waals surface area (Å²) in [6.07, 6.45) is -0.144. The molecule has 2 aliphatic heterocycles. The highest BCUT2D eigenvalue weighted by Crippen LogP contribution is 2.27. The Morgan fingerprint density at radius 1 is 0.966 bits per heavy atom. The van der Waals surface area contributed by atoms with E-state index < -0.39 is 48.1 Å². The quantitative estimate of drug-likeness (QED) is 0.362. The van der Waals surface area contributed by atoms with Crippen LogP contribution in [0.5, 0.6) is 0 Å². The molecule has 0 spiro atoms. The first-order chi connectivity index (χ1) is 13.6. The summed E-state index contributed by atoms with van der Waals surface area (Å²) in [5.41, 5.74) is 11.0. The molecule has 164 valence electrons. The first-order valence-corrected chi connectivity index (χ1v) is 10.1. The van der Waals surface area contributed by atoms with Crippen LogP contribution >= 0.6 is 0 Å². The van der Waals surface area contributed by atoms with Crippen molar-refractivity contribution in [3.8, 4) is 0 Å². The second-order valence-corrected chi connectivity index (χ2v) is 8.07. The molecule has 6 atom stereocenters. The van der Waals surface area contributed by atoms with Crippen molar-refractivity contribution in [2.75, 3.05) is 13.1 Å². The van der Waals surface area contributed by atoms with Crippen LogP contribution in [0.15, 0.2) is 0 Å². The van der Waals surface area contributed by atoms with Gasteiger partial charge >= 0.3 is 0 Å². The molecule has 0 aliphatic carbocycles. The Morgan fingerprint density at radius 3 is 2.03 bits per heavy atom. The number of primary amides is 1. The Morgan fingerprint density at radius 2 is 1.52 bits per heavy atom. The average Bonchev–Trinajstić information content (AvgIpc) is 3.32. The molecule has 0 saturated carbocycles. The van der Waals surface area contributed by atoms with E-state index in [0.29, 0.717) is 38.8 Å². The van der Waals surface area contributed by atoms with Gasteiger partial charge in [-0.05, 0) is 39.5 Å². The van der Waals surface area contributed by atoms with Crippen LogP contribution in [0.3, 0.4) is 0 Å². The Hall–Kier alpha value is -2.04. The van der Waals surface area contributed by atoms with E-state index in [1.807, 2.05) is 0 Å². The van der Waals surface area contributed by atoms with Crippen molar-refractivity contribution < 1.29 is 29.4 Å². The van der Waals surface area contributed by atoms with Crippen LogP contribution in [0, 0.1) is 5.92 Å². The molecule has 0 aromatic heterocycles. The molecule has 10 nitrogen and oxygen atoms in total. The number of nitrogens with two attached hydrogens (primary N) is 2. The Bertz CT molecular complexity index is 653. The van der Waals surface area contributed by atoms with Gasteiger partial charge < -0.3 is 31.5 Å². The van der Waals surface area contributed by atoms with Crippen molar-refractivity contribution in [2.45, 2.75) is 76.3 Å². The van der Waals surface area contributed by atoms with E-state index in [1.54, 1.807) is 0 Å². The highest BCUT2D eigenvalue weighted by Gasteiger charge is 2.43. The fraction of sp³-hybridized carbons (Fsp3) is 0.789. The molecule has 2 rings (SSSR count). The number of rotatable bonds is 8. The summed E-state index contributed by atoms with van der Waals surface area (Å²) in [7, 11) is 0. The van der Waals surface area contributed by atoms with E-state index >= 15 is 0 Å². The van der Waals surface area contributed by atoms with Crippen molar-refractivity contribution >= 4 is 23.5 Å². The van der Waals surface area contributed by atoms with Gasteiger partial charge in [-0.1, -0.05) is 0 Å². The van der Waals surface area contributed by atoms with Crippen LogP contribution in [-0.4, -0.2) is 86.9 Å². The maximum atomic E-state index is 13.2. The van der Waals surface area contributed by atoms with Crippen molar-refractivity contribution in [1.82, 2.24) is 9.80 Å². The predicted octanol–water partition coefficient (Wildman–Crippen LogP) is -1.88. The van der Waals surface area contributed by atoms with Gasteiger partial charge in [0.15, 0.2) is 5.78 Å². The number of ketones is 1. The molecular weight excluding hydrogens is 380 g/mol. The van der Waals surface area contributed by atoms with Crippen LogP contribution < -0.4 is 11.5 Å². The van der Waals surface area contributed by atoms with Gasteiger partial charge in [-0.25, -0.2) is 0 Å². The lowest BCUT2D eigenvalue weighted by Gasteiger charge is -2.32. The van der Waals surface area contributed by atoms with Crippen LogP contribution in [0.2, 0.25) is 0 Å². The van der Waals surface area contributed by atoms with E-state index in [1.165, 1.54) is 23.6 Å². The summed E-state index contributed by atoms with van der Waals surface area (Å²) >= 11 is 0. The Balaban J connectivity index is 2.11. The minimum Gasteiger partial charge on any atom is -0.393 e. The van der Waals surface area contributed by atoms with E-state index in [2.05, 4.69) is 0 Å². The van der Waals surface area contributed by atoms with Gasteiger partial charge in [0.05, 0.1) is 24.2 Å². The topological polar surface area (TPSA) is 167 Å². The zero-order valence-electron chi connectivity index (χ0n) is 17.0. The zero-order chi connectivity index (χ0) is 21.9. The second kappa shape index (κ2) is 9.64. The molecule has 10 heteroatoms. The number of Topliss-reactive ketones (excluding diaryl/α,β-unsaturated/α-hetero) is 1. The average molecular weight is 412 g/mol. The minimum atomic E-state index is -1.11. The molecule has 4 unspecified atom stereocenters. The fourth-order valence-electron chi connectivity index (χ4n) is 4.10. The summed E-state index contributed by atoms with van der Waals surface area (Å²) in [6.45, 7) is 3.57. The zero-order valence-corrected chi connectivity index (χ0v) is 17.0. The van der Waals surface area contributed by atoms with Crippen LogP contribution in [-0.2, 0) is 19.2 Å². The number of nitrogens with zero attached hydrogens (tertiary/aromatic N) is 2. The molecule has 2 fully saturated rings. The summed E-state index contributed by atoms with van der Waals surface area (Å²) < 4.78 is 0. The Labute approximate surface area is 170 Å². The largest absolute Gasteiger partial charge is 0.393 e. The maximum absolute atomic E-state index is 13.2. The normalized spacial score (nSPS) is 26.1. The van der Waals surface area contributed by atoms with Gasteiger partial charge in [0.25, 0.3) is 0 Å². The molecule has 2 heterocycles. The van der Waals surface area contributed by atoms with Crippen LogP contribution in [0.25, 0.3) is 0 Å². The van der Waals surface area contributed by atoms with Gasteiger partial charge in [0.2, 0.25) is 17.7 Å². The number of amides is 3. The third-order valence-corrected chi connectivity index (χ3v) is 5.90. The first kappa shape index (κ1) is 23.2. The number of aliphatic hydroxyl groups excluding tert-OH is 2. The number of hydrogen-bond acceptors (Lipinski definition) is 7. The smallest absolute Gasteiger partial charge is 0.245 e. The molecule has 2 aliphatic rings. The van der Waals surface area contributed by atoms with E-state index in [0.717, 1.165) is 0 Å². The molecule has 29 heavy (non-hydrogen) atoms. The lowest BCUT2D eigenvalue weighted by atomic mass is 9.92. The van der Waals surface area contributed by atoms with Gasteiger partial charge in [-0.3, -0.25) is 19.2 Å². The molecule has 0 bridgehead atoms. The van der Waals surface area contributed by atoms with E-state index in [9.17, 15) is 29.4 Å². The summed E-state index contributed by atoms with van der Waals surface area (Å²) in [6, 6.07) is -2.53. The van der Waals surface area contributed by atoms with Crippen molar-refractivity contribution in [1.29, 1.82) is 0 Å². The molecule has 3 amide bonds. The monoisotopic (exact) mass is 412 g/mol. The minimum absolute atomic E-state index is 0.234. The van der Waals surface area contributed by atoms with Gasteiger partial charge in [-0.15, -0.1) is 0 Å². The molecule has 2 saturated heterocycles. The number of likely N-dealkylation sites (tertiary alicyclic amines) is 2. The van der Waals surface area contributed by atoms with E-state index in [4.69, 9.17) is 11.5 Å². The van der Waals surface area contributed by atoms with Gasteiger partial charge in [0.1, 0.15) is 12.1 Å².